The minimum atomic E-state index is -2.72. The van der Waals surface area contributed by atoms with Crippen LogP contribution in [0.15, 0.2) is 21.8 Å². The van der Waals surface area contributed by atoms with Gasteiger partial charge in [0, 0.05) is 71.5 Å². The number of nitrogens with one attached hydrogen (secondary N) is 3. The van der Waals surface area contributed by atoms with E-state index in [1.807, 2.05) is 19.2 Å². The zero-order chi connectivity index (χ0) is 29.7. The van der Waals surface area contributed by atoms with Gasteiger partial charge >= 0.3 is 0 Å². The predicted molar refractivity (Wildman–Crippen MR) is 152 cm³/mol. The average Bonchev–Trinajstić information content (AvgIpc) is 3.28. The van der Waals surface area contributed by atoms with Gasteiger partial charge in [0.25, 0.3) is 17.3 Å². The number of aromatic amines is 1. The summed E-state index contributed by atoms with van der Waals surface area (Å²) in [6.07, 6.45) is 3.86. The molecule has 1 aromatic carbocycles. The van der Waals surface area contributed by atoms with Crippen LogP contribution in [0.3, 0.4) is 0 Å². The fourth-order valence-electron chi connectivity index (χ4n) is 5.98. The van der Waals surface area contributed by atoms with Crippen molar-refractivity contribution < 1.29 is 27.8 Å². The number of fused-ring (bicyclic) bond motifs is 1. The fraction of sp³-hybridized carbons (Fsp3) is 0.552. The molecule has 2 heterocycles. The first-order valence-electron chi connectivity index (χ1n) is 13.7. The van der Waals surface area contributed by atoms with Gasteiger partial charge in [0.15, 0.2) is 11.5 Å². The highest BCUT2D eigenvalue weighted by Crippen LogP contribution is 2.51. The van der Waals surface area contributed by atoms with Crippen LogP contribution in [0.25, 0.3) is 0 Å². The van der Waals surface area contributed by atoms with Gasteiger partial charge in [0.1, 0.15) is 0 Å². The van der Waals surface area contributed by atoms with Gasteiger partial charge in [-0.1, -0.05) is 11.6 Å². The van der Waals surface area contributed by atoms with Crippen molar-refractivity contribution in [3.63, 3.8) is 0 Å². The van der Waals surface area contributed by atoms with Gasteiger partial charge in [0.2, 0.25) is 11.8 Å². The lowest BCUT2D eigenvalue weighted by Crippen LogP contribution is -2.50. The van der Waals surface area contributed by atoms with Crippen LogP contribution < -0.4 is 25.7 Å². The van der Waals surface area contributed by atoms with Crippen molar-refractivity contribution in [3.8, 4) is 11.5 Å². The van der Waals surface area contributed by atoms with Crippen LogP contribution >= 0.6 is 23.4 Å². The van der Waals surface area contributed by atoms with E-state index < -0.39 is 23.5 Å². The van der Waals surface area contributed by atoms with E-state index in [1.165, 1.54) is 11.8 Å². The summed E-state index contributed by atoms with van der Waals surface area (Å²) in [6.45, 7) is 5.47. The maximum absolute atomic E-state index is 13.2. The van der Waals surface area contributed by atoms with Crippen LogP contribution in [0.4, 0.5) is 8.78 Å². The van der Waals surface area contributed by atoms with Crippen LogP contribution in [-0.2, 0) is 11.3 Å². The monoisotopic (exact) mass is 609 g/mol. The van der Waals surface area contributed by atoms with Crippen molar-refractivity contribution in [2.75, 3.05) is 6.26 Å². The highest BCUT2D eigenvalue weighted by molar-refractivity contribution is 7.98. The third-order valence-corrected chi connectivity index (χ3v) is 9.53. The van der Waals surface area contributed by atoms with Crippen LogP contribution in [-0.4, -0.2) is 40.8 Å². The number of carbonyl (C=O) groups excluding carboxylic acids is 2. The van der Waals surface area contributed by atoms with Gasteiger partial charge in [-0.3, -0.25) is 14.4 Å². The Labute approximate surface area is 246 Å². The van der Waals surface area contributed by atoms with Crippen molar-refractivity contribution >= 4 is 35.2 Å². The lowest BCUT2D eigenvalue weighted by Gasteiger charge is -2.39. The summed E-state index contributed by atoms with van der Waals surface area (Å²) in [4.78, 5) is 41.6. The van der Waals surface area contributed by atoms with Gasteiger partial charge in [-0.2, -0.15) is 0 Å². The summed E-state index contributed by atoms with van der Waals surface area (Å²) in [7, 11) is 0. The Morgan fingerprint density at radius 2 is 1.78 bits per heavy atom. The minimum absolute atomic E-state index is 0.0120. The Kier molecular flexibility index (Phi) is 8.06. The van der Waals surface area contributed by atoms with Gasteiger partial charge in [-0.25, -0.2) is 8.78 Å². The van der Waals surface area contributed by atoms with E-state index >= 15 is 0 Å². The average molecular weight is 610 g/mol. The number of hydrogen-bond acceptors (Lipinski definition) is 6. The van der Waals surface area contributed by atoms with Gasteiger partial charge < -0.3 is 25.1 Å². The standard InChI is InChI=1S/C29H34ClF2N3O5S/c1-14-9-22(41-4)20(27(38)34-14)13-33-26(37)19-10-21(30)24-23(15(19)2)39-28(3,40-24)17-5-7-18(8-6-17)35-25(36)16-11-29(31,32)12-16/h9-10,16-18H,5-8,11-13H2,1-4H3,(H,33,37)(H,34,38)(H,35,36)/t17-,18+,28-/m0/s1. The molecule has 2 amide bonds. The summed E-state index contributed by atoms with van der Waals surface area (Å²) in [6, 6.07) is 3.34. The number of aryl methyl sites for hydroxylation is 1. The molecule has 3 aliphatic rings. The molecule has 12 heteroatoms. The summed E-state index contributed by atoms with van der Waals surface area (Å²) >= 11 is 8.01. The number of pyridine rings is 1. The van der Waals surface area contributed by atoms with E-state index in [0.717, 1.165) is 10.6 Å². The largest absolute Gasteiger partial charge is 0.448 e. The number of thioether (sulfide) groups is 1. The lowest BCUT2D eigenvalue weighted by atomic mass is 9.79. The summed E-state index contributed by atoms with van der Waals surface area (Å²) in [5, 5.41) is 6.01. The molecule has 0 saturated heterocycles. The normalized spacial score (nSPS) is 25.0. The van der Waals surface area contributed by atoms with E-state index in [9.17, 15) is 23.2 Å². The van der Waals surface area contributed by atoms with E-state index in [2.05, 4.69) is 15.6 Å². The highest BCUT2D eigenvalue weighted by Gasteiger charge is 2.50. The minimum Gasteiger partial charge on any atom is -0.448 e. The first-order chi connectivity index (χ1) is 19.3. The van der Waals surface area contributed by atoms with E-state index in [0.29, 0.717) is 53.9 Å². The van der Waals surface area contributed by atoms with Crippen molar-refractivity contribution in [2.24, 2.45) is 11.8 Å². The van der Waals surface area contributed by atoms with Crippen molar-refractivity contribution in [2.45, 2.75) is 88.5 Å². The van der Waals surface area contributed by atoms with Gasteiger partial charge in [-0.05, 0) is 57.9 Å². The fourth-order valence-corrected chi connectivity index (χ4v) is 6.92. The van der Waals surface area contributed by atoms with Crippen molar-refractivity contribution in [1.82, 2.24) is 15.6 Å². The first-order valence-corrected chi connectivity index (χ1v) is 15.3. The van der Waals surface area contributed by atoms with Crippen LogP contribution in [0.2, 0.25) is 5.02 Å². The van der Waals surface area contributed by atoms with Gasteiger partial charge in [-0.15, -0.1) is 11.8 Å². The van der Waals surface area contributed by atoms with E-state index in [-0.39, 0.29) is 47.8 Å². The molecule has 3 N–H and O–H groups in total. The number of aromatic nitrogens is 1. The van der Waals surface area contributed by atoms with Crippen LogP contribution in [0, 0.1) is 25.7 Å². The molecule has 2 aliphatic carbocycles. The molecule has 0 radical (unpaired) electrons. The SMILES string of the molecule is CSc1cc(C)[nH]c(=O)c1CNC(=O)c1cc(Cl)c2c(c1C)O[C@](C)([C@H]1CC[C@@H](NC(=O)C3CC(F)(F)C3)CC1)O2. The molecule has 2 saturated carbocycles. The summed E-state index contributed by atoms with van der Waals surface area (Å²) < 4.78 is 38.9. The second-order valence-electron chi connectivity index (χ2n) is 11.4. The molecule has 1 aliphatic heterocycles. The third kappa shape index (κ3) is 5.93. The zero-order valence-electron chi connectivity index (χ0n) is 23.4. The van der Waals surface area contributed by atoms with Crippen LogP contribution in [0.1, 0.15) is 72.6 Å². The predicted octanol–water partition coefficient (Wildman–Crippen LogP) is 5.50. The number of H-pyrrole nitrogens is 1. The Balaban J connectivity index is 1.23. The topological polar surface area (TPSA) is 110 Å². The number of carbonyl (C=O) groups is 2. The maximum Gasteiger partial charge on any atom is 0.254 e. The molecular weight excluding hydrogens is 576 g/mol. The molecule has 1 atom stereocenters. The number of amides is 2. The molecule has 222 valence electrons. The Morgan fingerprint density at radius 3 is 2.41 bits per heavy atom. The number of ether oxygens (including phenoxy) is 2. The summed E-state index contributed by atoms with van der Waals surface area (Å²) in [5.41, 5.74) is 1.88. The molecule has 2 fully saturated rings. The highest BCUT2D eigenvalue weighted by atomic mass is 35.5. The van der Waals surface area contributed by atoms with E-state index in [1.54, 1.807) is 19.9 Å². The smallest absolute Gasteiger partial charge is 0.254 e. The number of hydrogen-bond donors (Lipinski definition) is 3. The second kappa shape index (κ2) is 11.1. The molecule has 0 bridgehead atoms. The van der Waals surface area contributed by atoms with E-state index in [4.69, 9.17) is 21.1 Å². The molecule has 2 aromatic rings. The van der Waals surface area contributed by atoms with Crippen LogP contribution in [0.5, 0.6) is 11.5 Å². The summed E-state index contributed by atoms with van der Waals surface area (Å²) in [5.74, 6) is -4.26. The second-order valence-corrected chi connectivity index (χ2v) is 12.7. The number of alkyl halides is 2. The molecule has 8 nitrogen and oxygen atoms in total. The Morgan fingerprint density at radius 1 is 1.12 bits per heavy atom. The lowest BCUT2D eigenvalue weighted by molar-refractivity contribution is -0.151. The quantitative estimate of drug-likeness (QED) is 0.358. The molecular formula is C29H34ClF2N3O5S. The van der Waals surface area contributed by atoms with Crippen molar-refractivity contribution in [3.05, 3.63) is 49.9 Å². The molecule has 0 unspecified atom stereocenters. The molecule has 5 rings (SSSR count). The molecule has 1 aromatic heterocycles. The van der Waals surface area contributed by atoms with Crippen molar-refractivity contribution in [1.29, 1.82) is 0 Å². The van der Waals surface area contributed by atoms with Gasteiger partial charge in [0.05, 0.1) is 5.02 Å². The maximum atomic E-state index is 13.2. The number of halogens is 3. The zero-order valence-corrected chi connectivity index (χ0v) is 25.0. The Hall–Kier alpha value is -2.79. The molecule has 41 heavy (non-hydrogen) atoms. The number of benzene rings is 1. The first kappa shape index (κ1) is 29.7. The third-order valence-electron chi connectivity index (χ3n) is 8.44. The Bertz CT molecular complexity index is 1430. The number of rotatable bonds is 7. The molecule has 0 spiro atoms.